The first kappa shape index (κ1) is 26.7. The van der Waals surface area contributed by atoms with Crippen molar-refractivity contribution in [2.45, 2.75) is 6.54 Å². The second kappa shape index (κ2) is 13.9. The molecule has 1 heterocycles. The smallest absolute Gasteiger partial charge is 0.414 e. The number of rotatable bonds is 8. The quantitative estimate of drug-likeness (QED) is 0.561. The van der Waals surface area contributed by atoms with Gasteiger partial charge in [-0.1, -0.05) is 48.6 Å². The van der Waals surface area contributed by atoms with Gasteiger partial charge in [-0.15, -0.1) is 0 Å². The number of carbonyl (C=O) groups is 2. The van der Waals surface area contributed by atoms with Crippen LogP contribution in [-0.4, -0.2) is 86.0 Å². The van der Waals surface area contributed by atoms with Crippen molar-refractivity contribution in [1.29, 1.82) is 0 Å². The van der Waals surface area contributed by atoms with E-state index in [2.05, 4.69) is 52.3 Å². The molecule has 1 aliphatic rings. The highest BCUT2D eigenvalue weighted by Gasteiger charge is 2.20. The first-order valence-electron chi connectivity index (χ1n) is 10.8. The van der Waals surface area contributed by atoms with Gasteiger partial charge in [0.2, 0.25) is 5.75 Å². The van der Waals surface area contributed by atoms with Gasteiger partial charge in [0.1, 0.15) is 0 Å². The molecule has 3 rings (SSSR count). The SMILES string of the molecule is COc1ccc(CN2CCN(CC=Cc3ccccc3)CC2)c(OC)c1OC.O=C(O)C(=O)O. The van der Waals surface area contributed by atoms with E-state index in [4.69, 9.17) is 34.0 Å². The number of ether oxygens (including phenoxy) is 3. The molecule has 9 nitrogen and oxygen atoms in total. The third-order valence-corrected chi connectivity index (χ3v) is 5.30. The summed E-state index contributed by atoms with van der Waals surface area (Å²) in [5.74, 6) is -1.54. The molecule has 2 N–H and O–H groups in total. The molecule has 0 aromatic heterocycles. The zero-order chi connectivity index (χ0) is 24.9. The number of methoxy groups -OCH3 is 3. The van der Waals surface area contributed by atoms with Gasteiger partial charge in [-0.3, -0.25) is 9.80 Å². The topological polar surface area (TPSA) is 109 Å². The van der Waals surface area contributed by atoms with E-state index >= 15 is 0 Å². The number of hydrogen-bond acceptors (Lipinski definition) is 7. The number of carboxylic acid groups (broad SMARTS) is 2. The van der Waals surface area contributed by atoms with Crippen molar-refractivity contribution in [3.63, 3.8) is 0 Å². The lowest BCUT2D eigenvalue weighted by molar-refractivity contribution is -0.159. The maximum atomic E-state index is 9.10. The molecule has 0 atom stereocenters. The Morgan fingerprint density at radius 1 is 0.824 bits per heavy atom. The molecule has 1 fully saturated rings. The van der Waals surface area contributed by atoms with Crippen LogP contribution in [0, 0.1) is 0 Å². The summed E-state index contributed by atoms with van der Waals surface area (Å²) in [6.45, 7) is 6.04. The molecule has 0 amide bonds. The molecule has 0 unspecified atom stereocenters. The average molecular weight is 473 g/mol. The van der Waals surface area contributed by atoms with E-state index in [0.29, 0.717) is 11.5 Å². The predicted octanol–water partition coefficient (Wildman–Crippen LogP) is 2.70. The van der Waals surface area contributed by atoms with Gasteiger partial charge in [0.15, 0.2) is 11.5 Å². The van der Waals surface area contributed by atoms with Gasteiger partial charge in [-0.05, 0) is 11.6 Å². The monoisotopic (exact) mass is 472 g/mol. The van der Waals surface area contributed by atoms with Crippen molar-refractivity contribution in [2.24, 2.45) is 0 Å². The van der Waals surface area contributed by atoms with Crippen molar-refractivity contribution in [1.82, 2.24) is 9.80 Å². The summed E-state index contributed by atoms with van der Waals surface area (Å²) in [6, 6.07) is 14.5. The van der Waals surface area contributed by atoms with E-state index in [1.807, 2.05) is 12.1 Å². The molecule has 2 aromatic rings. The lowest BCUT2D eigenvalue weighted by Crippen LogP contribution is -2.45. The van der Waals surface area contributed by atoms with Gasteiger partial charge in [0, 0.05) is 44.8 Å². The van der Waals surface area contributed by atoms with Gasteiger partial charge in [0.25, 0.3) is 0 Å². The van der Waals surface area contributed by atoms with E-state index in [9.17, 15) is 0 Å². The zero-order valence-corrected chi connectivity index (χ0v) is 19.8. The van der Waals surface area contributed by atoms with Gasteiger partial charge < -0.3 is 24.4 Å². The second-order valence-corrected chi connectivity index (χ2v) is 7.49. The van der Waals surface area contributed by atoms with Crippen LogP contribution in [-0.2, 0) is 16.1 Å². The summed E-state index contributed by atoms with van der Waals surface area (Å²) in [5, 5.41) is 14.8. The molecule has 0 aliphatic carbocycles. The maximum Gasteiger partial charge on any atom is 0.414 e. The van der Waals surface area contributed by atoms with Crippen LogP contribution in [0.3, 0.4) is 0 Å². The lowest BCUT2D eigenvalue weighted by atomic mass is 10.1. The fourth-order valence-electron chi connectivity index (χ4n) is 3.56. The van der Waals surface area contributed by atoms with E-state index < -0.39 is 11.9 Å². The van der Waals surface area contributed by atoms with Crippen molar-refractivity contribution in [2.75, 3.05) is 54.1 Å². The minimum absolute atomic E-state index is 0.659. The number of nitrogens with zero attached hydrogens (tertiary/aromatic N) is 2. The first-order chi connectivity index (χ1) is 16.4. The minimum atomic E-state index is -1.82. The van der Waals surface area contributed by atoms with Crippen molar-refractivity contribution < 1.29 is 34.0 Å². The third kappa shape index (κ3) is 8.09. The van der Waals surface area contributed by atoms with Crippen molar-refractivity contribution in [3.8, 4) is 17.2 Å². The number of carboxylic acids is 2. The number of piperazine rings is 1. The Hall–Kier alpha value is -3.56. The highest BCUT2D eigenvalue weighted by molar-refractivity contribution is 6.27. The first-order valence-corrected chi connectivity index (χ1v) is 10.8. The molecule has 0 saturated carbocycles. The summed E-state index contributed by atoms with van der Waals surface area (Å²) < 4.78 is 16.5. The van der Waals surface area contributed by atoms with E-state index in [1.165, 1.54) is 5.56 Å². The Morgan fingerprint density at radius 2 is 1.41 bits per heavy atom. The molecule has 0 radical (unpaired) electrons. The van der Waals surface area contributed by atoms with Crippen LogP contribution in [0.15, 0.2) is 48.5 Å². The molecule has 1 saturated heterocycles. The van der Waals surface area contributed by atoms with Gasteiger partial charge in [-0.25, -0.2) is 9.59 Å². The normalized spacial score (nSPS) is 14.2. The van der Waals surface area contributed by atoms with Gasteiger partial charge >= 0.3 is 11.9 Å². The van der Waals surface area contributed by atoms with Gasteiger partial charge in [0.05, 0.1) is 21.3 Å². The number of benzene rings is 2. The van der Waals surface area contributed by atoms with Crippen molar-refractivity contribution in [3.05, 3.63) is 59.7 Å². The van der Waals surface area contributed by atoms with Crippen LogP contribution in [0.2, 0.25) is 0 Å². The second-order valence-electron chi connectivity index (χ2n) is 7.49. The predicted molar refractivity (Wildman–Crippen MR) is 129 cm³/mol. The van der Waals surface area contributed by atoms with Crippen LogP contribution in [0.5, 0.6) is 17.2 Å². The van der Waals surface area contributed by atoms with E-state index in [1.54, 1.807) is 21.3 Å². The van der Waals surface area contributed by atoms with Crippen LogP contribution >= 0.6 is 0 Å². The number of aliphatic carboxylic acids is 2. The molecule has 9 heteroatoms. The Morgan fingerprint density at radius 3 is 1.94 bits per heavy atom. The molecule has 34 heavy (non-hydrogen) atoms. The highest BCUT2D eigenvalue weighted by atomic mass is 16.5. The Kier molecular flexibility index (Phi) is 10.9. The fraction of sp³-hybridized carbons (Fsp3) is 0.360. The van der Waals surface area contributed by atoms with Crippen LogP contribution in [0.4, 0.5) is 0 Å². The van der Waals surface area contributed by atoms with E-state index in [0.717, 1.165) is 50.6 Å². The molecule has 2 aromatic carbocycles. The Bertz CT molecular complexity index is 943. The minimum Gasteiger partial charge on any atom is -0.493 e. The van der Waals surface area contributed by atoms with Crippen molar-refractivity contribution >= 4 is 18.0 Å². The van der Waals surface area contributed by atoms with Crippen LogP contribution < -0.4 is 14.2 Å². The molecule has 184 valence electrons. The molecule has 0 bridgehead atoms. The van der Waals surface area contributed by atoms with Crippen LogP contribution in [0.25, 0.3) is 6.08 Å². The summed E-state index contributed by atoms with van der Waals surface area (Å²) in [6.07, 6.45) is 4.45. The van der Waals surface area contributed by atoms with Gasteiger partial charge in [-0.2, -0.15) is 0 Å². The highest BCUT2D eigenvalue weighted by Crippen LogP contribution is 2.40. The molecular weight excluding hydrogens is 440 g/mol. The molecule has 0 spiro atoms. The summed E-state index contributed by atoms with van der Waals surface area (Å²) in [5.41, 5.74) is 2.37. The molecular formula is C25H32N2O7. The average Bonchev–Trinajstić information content (AvgIpc) is 2.85. The maximum absolute atomic E-state index is 9.10. The lowest BCUT2D eigenvalue weighted by Gasteiger charge is -2.34. The summed E-state index contributed by atoms with van der Waals surface area (Å²) in [7, 11) is 4.96. The molecule has 1 aliphatic heterocycles. The summed E-state index contributed by atoms with van der Waals surface area (Å²) >= 11 is 0. The Balaban J connectivity index is 0.000000604. The summed E-state index contributed by atoms with van der Waals surface area (Å²) in [4.78, 5) is 23.1. The number of hydrogen-bond donors (Lipinski definition) is 2. The fourth-order valence-corrected chi connectivity index (χ4v) is 3.56. The Labute approximate surface area is 199 Å². The van der Waals surface area contributed by atoms with Crippen LogP contribution in [0.1, 0.15) is 11.1 Å². The largest absolute Gasteiger partial charge is 0.493 e. The van der Waals surface area contributed by atoms with E-state index in [-0.39, 0.29) is 0 Å². The standard InChI is InChI=1S/C23H30N2O3.C2H2O4/c1-26-21-12-11-20(22(27-2)23(21)28-3)18-25-16-14-24(15-17-25)13-7-10-19-8-5-4-6-9-19;3-1(4)2(5)6/h4-12H,13-18H2,1-3H3;(H,3,4)(H,5,6). The third-order valence-electron chi connectivity index (χ3n) is 5.30. The zero-order valence-electron chi connectivity index (χ0n) is 19.8.